The maximum atomic E-state index is 12.0. The minimum absolute atomic E-state index is 0.0870. The lowest BCUT2D eigenvalue weighted by Gasteiger charge is -2.13. The number of hydrogen-bond acceptors (Lipinski definition) is 2. The van der Waals surface area contributed by atoms with Crippen molar-refractivity contribution in [3.63, 3.8) is 0 Å². The van der Waals surface area contributed by atoms with Gasteiger partial charge in [-0.15, -0.1) is 0 Å². The van der Waals surface area contributed by atoms with Crippen LogP contribution in [-0.4, -0.2) is 22.0 Å². The van der Waals surface area contributed by atoms with E-state index >= 15 is 0 Å². The number of fused-ring (bicyclic) bond motifs is 1. The van der Waals surface area contributed by atoms with Gasteiger partial charge in [0.05, 0.1) is 11.0 Å². The van der Waals surface area contributed by atoms with Gasteiger partial charge in [0.2, 0.25) is 5.91 Å². The number of aromatic nitrogens is 2. The van der Waals surface area contributed by atoms with Gasteiger partial charge < -0.3 is 9.88 Å². The van der Waals surface area contributed by atoms with Gasteiger partial charge in [-0.1, -0.05) is 42.5 Å². The molecule has 0 atom stereocenters. The predicted molar refractivity (Wildman–Crippen MR) is 102 cm³/mol. The second-order valence-electron chi connectivity index (χ2n) is 6.27. The van der Waals surface area contributed by atoms with E-state index in [1.165, 1.54) is 0 Å². The number of benzene rings is 2. The number of nitrogens with one attached hydrogen (secondary N) is 1. The number of carbonyl (C=O) groups is 1. The van der Waals surface area contributed by atoms with Crippen molar-refractivity contribution >= 4 is 23.0 Å². The van der Waals surface area contributed by atoms with Crippen molar-refractivity contribution in [1.82, 2.24) is 14.9 Å². The van der Waals surface area contributed by atoms with Crippen LogP contribution in [0.1, 0.15) is 31.3 Å². The van der Waals surface area contributed by atoms with Crippen LogP contribution in [0.4, 0.5) is 0 Å². The van der Waals surface area contributed by atoms with Gasteiger partial charge in [0.1, 0.15) is 5.82 Å². The van der Waals surface area contributed by atoms with E-state index in [2.05, 4.69) is 29.8 Å². The maximum absolute atomic E-state index is 12.0. The molecule has 0 saturated carbocycles. The first-order chi connectivity index (χ1) is 12.1. The molecule has 3 aromatic rings. The predicted octanol–water partition coefficient (Wildman–Crippen LogP) is 3.99. The maximum Gasteiger partial charge on any atom is 0.244 e. The van der Waals surface area contributed by atoms with Crippen LogP contribution in [-0.2, 0) is 11.2 Å². The van der Waals surface area contributed by atoms with Crippen molar-refractivity contribution in [2.45, 2.75) is 26.3 Å². The molecule has 1 N–H and O–H groups in total. The van der Waals surface area contributed by atoms with E-state index in [0.29, 0.717) is 19.0 Å². The molecule has 0 unspecified atom stereocenters. The molecule has 0 spiro atoms. The minimum atomic E-state index is -0.0870. The largest absolute Gasteiger partial charge is 0.352 e. The van der Waals surface area contributed by atoms with E-state index in [0.717, 1.165) is 22.4 Å². The average molecular weight is 333 g/mol. The Balaban J connectivity index is 1.62. The summed E-state index contributed by atoms with van der Waals surface area (Å²) in [4.78, 5) is 16.7. The Kier molecular flexibility index (Phi) is 5.29. The van der Waals surface area contributed by atoms with E-state index in [1.54, 1.807) is 6.08 Å². The SMILES string of the molecule is CC(C)n1c(CCNC(=O)/C=C/c2ccccc2)nc2ccccc21. The van der Waals surface area contributed by atoms with E-state index in [9.17, 15) is 4.79 Å². The van der Waals surface area contributed by atoms with E-state index < -0.39 is 0 Å². The van der Waals surface area contributed by atoms with E-state index in [-0.39, 0.29) is 5.91 Å². The van der Waals surface area contributed by atoms with Crippen molar-refractivity contribution in [2.24, 2.45) is 0 Å². The third-order valence-electron chi connectivity index (χ3n) is 4.06. The standard InChI is InChI=1S/C21H23N3O/c1-16(2)24-19-11-7-6-10-18(19)23-20(24)14-15-22-21(25)13-12-17-8-4-3-5-9-17/h3-13,16H,14-15H2,1-2H3,(H,22,25)/b13-12+. The van der Waals surface area contributed by atoms with Gasteiger partial charge >= 0.3 is 0 Å². The Bertz CT molecular complexity index is 879. The van der Waals surface area contributed by atoms with Gasteiger partial charge in [0.15, 0.2) is 0 Å². The Hall–Kier alpha value is -2.88. The smallest absolute Gasteiger partial charge is 0.244 e. The number of carbonyl (C=O) groups excluding carboxylic acids is 1. The quantitative estimate of drug-likeness (QED) is 0.693. The molecule has 4 heteroatoms. The first-order valence-corrected chi connectivity index (χ1v) is 8.62. The zero-order valence-electron chi connectivity index (χ0n) is 14.6. The van der Waals surface area contributed by atoms with Crippen LogP contribution in [0.2, 0.25) is 0 Å². The third kappa shape index (κ3) is 4.15. The molecule has 1 amide bonds. The molecular formula is C21H23N3O. The van der Waals surface area contributed by atoms with Gasteiger partial charge in [0, 0.05) is 25.1 Å². The Labute approximate surface area is 148 Å². The summed E-state index contributed by atoms with van der Waals surface area (Å²) in [6.45, 7) is 4.87. The summed E-state index contributed by atoms with van der Waals surface area (Å²) < 4.78 is 2.24. The van der Waals surface area contributed by atoms with Crippen LogP contribution in [0.25, 0.3) is 17.1 Å². The molecule has 0 aliphatic rings. The highest BCUT2D eigenvalue weighted by atomic mass is 16.1. The highest BCUT2D eigenvalue weighted by molar-refractivity contribution is 5.91. The molecular weight excluding hydrogens is 310 g/mol. The summed E-state index contributed by atoms with van der Waals surface area (Å²) in [7, 11) is 0. The Morgan fingerprint density at radius 3 is 2.60 bits per heavy atom. The normalized spacial score (nSPS) is 11.5. The van der Waals surface area contributed by atoms with Crippen LogP contribution in [0.5, 0.6) is 0 Å². The molecule has 0 fully saturated rings. The molecule has 1 heterocycles. The summed E-state index contributed by atoms with van der Waals surface area (Å²) >= 11 is 0. The second kappa shape index (κ2) is 7.79. The molecule has 128 valence electrons. The van der Waals surface area contributed by atoms with Crippen LogP contribution in [0, 0.1) is 0 Å². The third-order valence-corrected chi connectivity index (χ3v) is 4.06. The minimum Gasteiger partial charge on any atom is -0.352 e. The van der Waals surface area contributed by atoms with Crippen molar-refractivity contribution in [1.29, 1.82) is 0 Å². The molecule has 2 aromatic carbocycles. The molecule has 25 heavy (non-hydrogen) atoms. The van der Waals surface area contributed by atoms with Crippen LogP contribution in [0.3, 0.4) is 0 Å². The molecule has 0 aliphatic carbocycles. The zero-order chi connectivity index (χ0) is 17.6. The topological polar surface area (TPSA) is 46.9 Å². The molecule has 0 saturated heterocycles. The number of hydrogen-bond donors (Lipinski definition) is 1. The average Bonchev–Trinajstić information content (AvgIpc) is 2.99. The first kappa shape index (κ1) is 17.0. The van der Waals surface area contributed by atoms with Gasteiger partial charge in [-0.3, -0.25) is 4.79 Å². The van der Waals surface area contributed by atoms with Gasteiger partial charge in [0.25, 0.3) is 0 Å². The summed E-state index contributed by atoms with van der Waals surface area (Å²) in [5, 5.41) is 2.93. The fraction of sp³-hybridized carbons (Fsp3) is 0.238. The lowest BCUT2D eigenvalue weighted by molar-refractivity contribution is -0.116. The van der Waals surface area contributed by atoms with Gasteiger partial charge in [-0.25, -0.2) is 4.98 Å². The zero-order valence-corrected chi connectivity index (χ0v) is 14.6. The van der Waals surface area contributed by atoms with Crippen molar-refractivity contribution in [2.75, 3.05) is 6.54 Å². The second-order valence-corrected chi connectivity index (χ2v) is 6.27. The molecule has 0 radical (unpaired) electrons. The van der Waals surface area contributed by atoms with Crippen LogP contribution < -0.4 is 5.32 Å². The Morgan fingerprint density at radius 1 is 1.12 bits per heavy atom. The van der Waals surface area contributed by atoms with E-state index in [4.69, 9.17) is 4.98 Å². The van der Waals surface area contributed by atoms with E-state index in [1.807, 2.05) is 54.6 Å². The van der Waals surface area contributed by atoms with Gasteiger partial charge in [-0.2, -0.15) is 0 Å². The van der Waals surface area contributed by atoms with Crippen LogP contribution >= 0.6 is 0 Å². The number of nitrogens with zero attached hydrogens (tertiary/aromatic N) is 2. The first-order valence-electron chi connectivity index (χ1n) is 8.62. The van der Waals surface area contributed by atoms with Crippen molar-refractivity contribution < 1.29 is 4.79 Å². The Morgan fingerprint density at radius 2 is 1.84 bits per heavy atom. The lowest BCUT2D eigenvalue weighted by atomic mass is 10.2. The summed E-state index contributed by atoms with van der Waals surface area (Å²) in [5.74, 6) is 0.916. The molecule has 4 nitrogen and oxygen atoms in total. The van der Waals surface area contributed by atoms with Crippen molar-refractivity contribution in [3.05, 3.63) is 72.1 Å². The van der Waals surface area contributed by atoms with Crippen molar-refractivity contribution in [3.8, 4) is 0 Å². The fourth-order valence-electron chi connectivity index (χ4n) is 2.94. The molecule has 0 bridgehead atoms. The monoisotopic (exact) mass is 333 g/mol. The summed E-state index contributed by atoms with van der Waals surface area (Å²) in [6, 6.07) is 18.3. The summed E-state index contributed by atoms with van der Waals surface area (Å²) in [6.07, 6.45) is 4.09. The number of rotatable bonds is 6. The highest BCUT2D eigenvalue weighted by Crippen LogP contribution is 2.20. The number of amides is 1. The number of imidazole rings is 1. The van der Waals surface area contributed by atoms with Gasteiger partial charge in [-0.05, 0) is 37.6 Å². The summed E-state index contributed by atoms with van der Waals surface area (Å²) in [5.41, 5.74) is 3.16. The molecule has 3 rings (SSSR count). The highest BCUT2D eigenvalue weighted by Gasteiger charge is 2.12. The number of para-hydroxylation sites is 2. The fourth-order valence-corrected chi connectivity index (χ4v) is 2.94. The lowest BCUT2D eigenvalue weighted by Crippen LogP contribution is -2.24. The molecule has 1 aromatic heterocycles. The van der Waals surface area contributed by atoms with Crippen LogP contribution in [0.15, 0.2) is 60.7 Å². The molecule has 0 aliphatic heterocycles.